The summed E-state index contributed by atoms with van der Waals surface area (Å²) in [5.41, 5.74) is 2.74. The minimum absolute atomic E-state index is 1.33. The average Bonchev–Trinajstić information content (AvgIpc) is 3.94. The van der Waals surface area contributed by atoms with Crippen molar-refractivity contribution in [1.82, 2.24) is 0 Å². The van der Waals surface area contributed by atoms with Gasteiger partial charge in [-0.2, -0.15) is 0 Å². The third-order valence-corrected chi connectivity index (χ3v) is 17.5. The molecular weight excluding hydrogens is 721 g/mol. The molecule has 0 spiro atoms. The zero-order chi connectivity index (χ0) is 29.7. The Morgan fingerprint density at radius 3 is 0.844 bits per heavy atom. The fourth-order valence-corrected chi connectivity index (χ4v) is 14.5. The number of hydrogen-bond donors (Lipinski definition) is 0. The van der Waals surface area contributed by atoms with Gasteiger partial charge in [-0.05, 0) is 94.3 Å². The molecule has 45 heavy (non-hydrogen) atoms. The molecule has 9 aromatic heterocycles. The highest BCUT2D eigenvalue weighted by molar-refractivity contribution is 7.31. The van der Waals surface area contributed by atoms with Gasteiger partial charge in [-0.3, -0.25) is 0 Å². The quantitative estimate of drug-likeness (QED) is 0.146. The number of rotatable bonds is 8. The number of hydrogen-bond acceptors (Lipinski definition) is 9. The van der Waals surface area contributed by atoms with E-state index in [1.807, 2.05) is 102 Å². The molecule has 9 rings (SSSR count). The molecule has 9 aromatic rings. The van der Waals surface area contributed by atoms with Crippen molar-refractivity contribution in [3.8, 4) is 79.4 Å². The van der Waals surface area contributed by atoms with Crippen LogP contribution in [0.3, 0.4) is 0 Å². The summed E-state index contributed by atoms with van der Waals surface area (Å²) < 4.78 is 0. The Hall–Kier alpha value is -2.70. The van der Waals surface area contributed by atoms with Crippen molar-refractivity contribution in [3.05, 3.63) is 119 Å². The summed E-state index contributed by atoms with van der Waals surface area (Å²) in [6, 6.07) is 36.1. The second kappa shape index (κ2) is 12.2. The van der Waals surface area contributed by atoms with Crippen LogP contribution in [0.5, 0.6) is 0 Å². The van der Waals surface area contributed by atoms with Gasteiger partial charge in [0, 0.05) is 69.7 Å². The van der Waals surface area contributed by atoms with E-state index in [4.69, 9.17) is 0 Å². The largest absolute Gasteiger partial charge is 0.143 e. The van der Waals surface area contributed by atoms with Gasteiger partial charge in [0.25, 0.3) is 0 Å². The molecule has 0 bridgehead atoms. The summed E-state index contributed by atoms with van der Waals surface area (Å²) in [4.78, 5) is 18.7. The summed E-state index contributed by atoms with van der Waals surface area (Å²) >= 11 is 16.9. The maximum atomic E-state index is 2.35. The Labute approximate surface area is 297 Å². The van der Waals surface area contributed by atoms with Gasteiger partial charge in [-0.1, -0.05) is 24.3 Å². The molecule has 0 saturated carbocycles. The Morgan fingerprint density at radius 1 is 0.244 bits per heavy atom. The predicted molar refractivity (Wildman–Crippen MR) is 211 cm³/mol. The van der Waals surface area contributed by atoms with Crippen molar-refractivity contribution < 1.29 is 0 Å². The van der Waals surface area contributed by atoms with E-state index in [2.05, 4.69) is 119 Å². The van der Waals surface area contributed by atoms with Crippen LogP contribution in [0.4, 0.5) is 0 Å². The predicted octanol–water partition coefficient (Wildman–Crippen LogP) is 15.6. The lowest BCUT2D eigenvalue weighted by molar-refractivity contribution is 1.81. The first-order chi connectivity index (χ1) is 22.3. The zero-order valence-corrected chi connectivity index (χ0v) is 30.6. The molecule has 0 unspecified atom stereocenters. The van der Waals surface area contributed by atoms with Crippen molar-refractivity contribution >= 4 is 102 Å². The normalized spacial score (nSPS) is 11.6. The lowest BCUT2D eigenvalue weighted by Crippen LogP contribution is -1.79. The molecule has 0 fully saturated rings. The highest BCUT2D eigenvalue weighted by Gasteiger charge is 2.27. The first kappa shape index (κ1) is 28.5. The Balaban J connectivity index is 1.29. The third-order valence-electron chi connectivity index (χ3n) is 7.33. The van der Waals surface area contributed by atoms with E-state index in [-0.39, 0.29) is 0 Å². The fourth-order valence-electron chi connectivity index (χ4n) is 5.32. The highest BCUT2D eigenvalue weighted by Crippen LogP contribution is 2.58. The van der Waals surface area contributed by atoms with Crippen molar-refractivity contribution in [2.75, 3.05) is 0 Å². The Bertz CT molecular complexity index is 2140. The molecule has 9 heterocycles. The topological polar surface area (TPSA) is 0 Å². The first-order valence-electron chi connectivity index (χ1n) is 14.0. The average molecular weight is 741 g/mol. The molecule has 0 aliphatic heterocycles. The molecule has 218 valence electrons. The van der Waals surface area contributed by atoms with Crippen molar-refractivity contribution in [1.29, 1.82) is 0 Å². The van der Waals surface area contributed by atoms with Crippen LogP contribution < -0.4 is 0 Å². The monoisotopic (exact) mass is 740 g/mol. The summed E-state index contributed by atoms with van der Waals surface area (Å²) in [5, 5.41) is 8.68. The van der Waals surface area contributed by atoms with Crippen molar-refractivity contribution in [2.24, 2.45) is 0 Å². The van der Waals surface area contributed by atoms with Gasteiger partial charge in [-0.15, -0.1) is 102 Å². The summed E-state index contributed by atoms with van der Waals surface area (Å²) in [6.07, 6.45) is 0. The van der Waals surface area contributed by atoms with Crippen LogP contribution in [-0.2, 0) is 0 Å². The van der Waals surface area contributed by atoms with Gasteiger partial charge >= 0.3 is 0 Å². The van der Waals surface area contributed by atoms with E-state index < -0.39 is 0 Å². The van der Waals surface area contributed by atoms with Crippen LogP contribution in [0.1, 0.15) is 0 Å². The molecule has 0 amide bonds. The highest BCUT2D eigenvalue weighted by atomic mass is 32.1. The first-order valence-corrected chi connectivity index (χ1v) is 21.6. The third kappa shape index (κ3) is 5.34. The standard InChI is InChI=1S/C36H20S9/c1-5-21(37-17-1)25-9-13-29(41-25)33-34(30-14-10-26(42-30)22-6-2-18-38-22)36(32-16-12-28(44-32)24-8-4-20-40-24)45-35(33)31-15-11-27(43-31)23-7-3-19-39-23/h1-20H. The summed E-state index contributed by atoms with van der Waals surface area (Å²) in [6.45, 7) is 0. The van der Waals surface area contributed by atoms with Gasteiger partial charge in [0.05, 0.1) is 9.75 Å². The van der Waals surface area contributed by atoms with E-state index in [0.717, 1.165) is 0 Å². The van der Waals surface area contributed by atoms with Crippen LogP contribution in [0.15, 0.2) is 119 Å². The van der Waals surface area contributed by atoms with E-state index in [1.54, 1.807) is 0 Å². The molecule has 0 atom stereocenters. The maximum Gasteiger partial charge on any atom is 0.0543 e. The molecule has 0 aliphatic rings. The second-order valence-corrected chi connectivity index (χ2v) is 19.2. The van der Waals surface area contributed by atoms with Crippen LogP contribution in [0.2, 0.25) is 0 Å². The van der Waals surface area contributed by atoms with Crippen molar-refractivity contribution in [2.45, 2.75) is 0 Å². The molecule has 0 saturated heterocycles. The fraction of sp³-hybridized carbons (Fsp3) is 0. The lowest BCUT2D eigenvalue weighted by Gasteiger charge is -2.06. The Kier molecular flexibility index (Phi) is 7.70. The molecule has 0 N–H and O–H groups in total. The van der Waals surface area contributed by atoms with Crippen LogP contribution >= 0.6 is 102 Å². The Morgan fingerprint density at radius 2 is 0.533 bits per heavy atom. The van der Waals surface area contributed by atoms with E-state index >= 15 is 0 Å². The lowest BCUT2D eigenvalue weighted by atomic mass is 10.0. The van der Waals surface area contributed by atoms with E-state index in [1.165, 1.54) is 79.4 Å². The van der Waals surface area contributed by atoms with Gasteiger partial charge in [0.2, 0.25) is 0 Å². The van der Waals surface area contributed by atoms with Crippen molar-refractivity contribution in [3.63, 3.8) is 0 Å². The van der Waals surface area contributed by atoms with Crippen LogP contribution in [-0.4, -0.2) is 0 Å². The minimum Gasteiger partial charge on any atom is -0.143 e. The summed E-state index contributed by atoms with van der Waals surface area (Å²) in [5.74, 6) is 0. The molecule has 9 heteroatoms. The number of thiophene rings is 9. The zero-order valence-electron chi connectivity index (χ0n) is 23.2. The molecule has 0 radical (unpaired) electrons. The minimum atomic E-state index is 1.33. The maximum absolute atomic E-state index is 2.35. The van der Waals surface area contributed by atoms with Gasteiger partial charge in [0.15, 0.2) is 0 Å². The van der Waals surface area contributed by atoms with E-state index in [9.17, 15) is 0 Å². The van der Waals surface area contributed by atoms with Gasteiger partial charge in [-0.25, -0.2) is 0 Å². The van der Waals surface area contributed by atoms with Crippen LogP contribution in [0.25, 0.3) is 79.4 Å². The SMILES string of the molecule is c1csc(-c2ccc(-c3sc(-c4ccc(-c5cccs5)s4)c(-c4ccc(-c5cccs5)s4)c3-c3ccc(-c4cccs4)s3)s2)c1. The molecule has 0 nitrogen and oxygen atoms in total. The van der Waals surface area contributed by atoms with Gasteiger partial charge in [0.1, 0.15) is 0 Å². The van der Waals surface area contributed by atoms with Gasteiger partial charge < -0.3 is 0 Å². The smallest absolute Gasteiger partial charge is 0.0543 e. The molecule has 0 aliphatic carbocycles. The van der Waals surface area contributed by atoms with E-state index in [0.29, 0.717) is 0 Å². The second-order valence-electron chi connectivity index (χ2n) is 10.1. The van der Waals surface area contributed by atoms with Crippen LogP contribution in [0, 0.1) is 0 Å². The molecular formula is C36H20S9. The molecule has 0 aromatic carbocycles. The summed E-state index contributed by atoms with van der Waals surface area (Å²) in [7, 11) is 0.